The summed E-state index contributed by atoms with van der Waals surface area (Å²) in [5, 5.41) is 19.8. The summed E-state index contributed by atoms with van der Waals surface area (Å²) < 4.78 is 48.3. The van der Waals surface area contributed by atoms with Gasteiger partial charge in [0.05, 0.1) is 6.10 Å². The van der Waals surface area contributed by atoms with E-state index >= 15 is 0 Å². The normalized spacial score (nSPS) is 22.7. The average molecular weight is 432 g/mol. The summed E-state index contributed by atoms with van der Waals surface area (Å²) in [6.45, 7) is 0.0616. The molecule has 0 amide bonds. The van der Waals surface area contributed by atoms with Gasteiger partial charge in [-0.1, -0.05) is 24.3 Å². The van der Waals surface area contributed by atoms with Crippen LogP contribution in [0.2, 0.25) is 0 Å². The molecule has 2 aliphatic rings. The number of alkyl halides is 3. The van der Waals surface area contributed by atoms with Gasteiger partial charge in [-0.2, -0.15) is 13.2 Å². The van der Waals surface area contributed by atoms with E-state index in [9.17, 15) is 23.1 Å². The van der Waals surface area contributed by atoms with E-state index in [0.29, 0.717) is 22.3 Å². The van der Waals surface area contributed by atoms with Gasteiger partial charge in [-0.05, 0) is 34.8 Å². The van der Waals surface area contributed by atoms with Crippen LogP contribution in [0.5, 0.6) is 0 Å². The topological polar surface area (TPSA) is 92.5 Å². The van der Waals surface area contributed by atoms with E-state index < -0.39 is 23.9 Å². The molecule has 0 radical (unpaired) electrons. The second kappa shape index (κ2) is 7.90. The van der Waals surface area contributed by atoms with Gasteiger partial charge < -0.3 is 14.9 Å². The maximum absolute atomic E-state index is 14.2. The summed E-state index contributed by atoms with van der Waals surface area (Å²) in [6, 6.07) is 5.92. The molecule has 1 heterocycles. The molecule has 2 aromatic rings. The summed E-state index contributed by atoms with van der Waals surface area (Å²) >= 11 is 0. The second-order valence-electron chi connectivity index (χ2n) is 7.43. The summed E-state index contributed by atoms with van der Waals surface area (Å²) in [4.78, 5) is 18.7. The number of carboxylic acids is 1. The van der Waals surface area contributed by atoms with Crippen LogP contribution in [0.3, 0.4) is 0 Å². The monoisotopic (exact) mass is 432 g/mol. The highest BCUT2D eigenvalue weighted by Crippen LogP contribution is 2.58. The van der Waals surface area contributed by atoms with Gasteiger partial charge in [0.2, 0.25) is 5.60 Å². The third kappa shape index (κ3) is 3.64. The van der Waals surface area contributed by atoms with Crippen molar-refractivity contribution in [3.05, 3.63) is 71.3 Å². The van der Waals surface area contributed by atoms with E-state index in [1.54, 1.807) is 18.2 Å². The summed E-state index contributed by atoms with van der Waals surface area (Å²) in [5.74, 6) is -0.979. The Morgan fingerprint density at radius 2 is 1.94 bits per heavy atom. The lowest BCUT2D eigenvalue weighted by atomic mass is 9.81. The first kappa shape index (κ1) is 21.2. The molecule has 4 rings (SSSR count). The smallest absolute Gasteiger partial charge is 0.425 e. The van der Waals surface area contributed by atoms with Crippen LogP contribution in [-0.4, -0.2) is 45.0 Å². The predicted molar refractivity (Wildman–Crippen MR) is 105 cm³/mol. The molecule has 31 heavy (non-hydrogen) atoms. The molecular weight excluding hydrogens is 413 g/mol. The zero-order valence-electron chi connectivity index (χ0n) is 16.3. The zero-order valence-corrected chi connectivity index (χ0v) is 16.3. The van der Waals surface area contributed by atoms with Crippen LogP contribution in [0.15, 0.2) is 54.6 Å². The first-order valence-corrected chi connectivity index (χ1v) is 9.67. The Kier molecular flexibility index (Phi) is 5.40. The SMILES string of the molecule is O=C(O)CCCOC1C=C(c2cncnc2)C2=C(C1)C(O)(C(F)(F)F)c1ccccc12. The van der Waals surface area contributed by atoms with Crippen molar-refractivity contribution in [3.63, 3.8) is 0 Å². The number of aliphatic carboxylic acids is 1. The van der Waals surface area contributed by atoms with Gasteiger partial charge in [0.25, 0.3) is 0 Å². The van der Waals surface area contributed by atoms with Crippen LogP contribution in [-0.2, 0) is 15.1 Å². The highest BCUT2D eigenvalue weighted by Gasteiger charge is 2.62. The lowest BCUT2D eigenvalue weighted by molar-refractivity contribution is -0.250. The molecule has 2 atom stereocenters. The maximum Gasteiger partial charge on any atom is 0.425 e. The highest BCUT2D eigenvalue weighted by molar-refractivity contribution is 6.10. The summed E-state index contributed by atoms with van der Waals surface area (Å²) in [7, 11) is 0. The summed E-state index contributed by atoms with van der Waals surface area (Å²) in [6.07, 6.45) is 0.210. The number of benzene rings is 1. The fourth-order valence-corrected chi connectivity index (χ4v) is 4.18. The number of carbonyl (C=O) groups is 1. The van der Waals surface area contributed by atoms with Gasteiger partial charge in [0.1, 0.15) is 6.33 Å². The molecule has 162 valence electrons. The number of aromatic nitrogens is 2. The highest BCUT2D eigenvalue weighted by atomic mass is 19.4. The van der Waals surface area contributed by atoms with Crippen molar-refractivity contribution in [2.24, 2.45) is 0 Å². The lowest BCUT2D eigenvalue weighted by Gasteiger charge is -2.33. The van der Waals surface area contributed by atoms with E-state index in [0.717, 1.165) is 0 Å². The Balaban J connectivity index is 1.80. The quantitative estimate of drug-likeness (QED) is 0.676. The molecule has 0 fully saturated rings. The summed E-state index contributed by atoms with van der Waals surface area (Å²) in [5.41, 5.74) is -2.01. The Morgan fingerprint density at radius 1 is 1.23 bits per heavy atom. The number of hydrogen-bond donors (Lipinski definition) is 2. The molecule has 2 aliphatic carbocycles. The minimum absolute atomic E-state index is 0.0616. The van der Waals surface area contributed by atoms with Crippen molar-refractivity contribution in [3.8, 4) is 0 Å². The fraction of sp³-hybridized carbons (Fsp3) is 0.318. The number of allylic oxidation sites excluding steroid dienone is 2. The number of hydrogen-bond acceptors (Lipinski definition) is 5. The minimum Gasteiger partial charge on any atom is -0.481 e. The predicted octanol–water partition coefficient (Wildman–Crippen LogP) is 3.73. The number of nitrogens with zero attached hydrogens (tertiary/aromatic N) is 2. The van der Waals surface area contributed by atoms with Crippen molar-refractivity contribution >= 4 is 17.1 Å². The first-order chi connectivity index (χ1) is 14.7. The largest absolute Gasteiger partial charge is 0.481 e. The van der Waals surface area contributed by atoms with Gasteiger partial charge in [0, 0.05) is 43.0 Å². The van der Waals surface area contributed by atoms with Gasteiger partial charge in [0.15, 0.2) is 0 Å². The minimum atomic E-state index is -4.94. The van der Waals surface area contributed by atoms with Crippen molar-refractivity contribution in [1.82, 2.24) is 9.97 Å². The number of carboxylic acid groups (broad SMARTS) is 1. The van der Waals surface area contributed by atoms with Gasteiger partial charge in [-0.3, -0.25) is 4.79 Å². The molecule has 6 nitrogen and oxygen atoms in total. The van der Waals surface area contributed by atoms with E-state index in [1.807, 2.05) is 0 Å². The Hall–Kier alpha value is -3.04. The molecule has 0 saturated heterocycles. The number of halogens is 3. The molecule has 2 unspecified atom stereocenters. The van der Waals surface area contributed by atoms with Crippen molar-refractivity contribution in [1.29, 1.82) is 0 Å². The van der Waals surface area contributed by atoms with Crippen LogP contribution in [0.4, 0.5) is 13.2 Å². The Labute approximate surface area is 175 Å². The number of aliphatic hydroxyl groups is 1. The maximum atomic E-state index is 14.2. The Morgan fingerprint density at radius 3 is 2.61 bits per heavy atom. The number of ether oxygens (including phenoxy) is 1. The Bertz CT molecular complexity index is 1070. The molecule has 0 saturated carbocycles. The molecule has 2 N–H and O–H groups in total. The van der Waals surface area contributed by atoms with Crippen LogP contribution < -0.4 is 0 Å². The van der Waals surface area contributed by atoms with Crippen LogP contribution >= 0.6 is 0 Å². The third-order valence-corrected chi connectivity index (χ3v) is 5.50. The average Bonchev–Trinajstić information content (AvgIpc) is 3.01. The van der Waals surface area contributed by atoms with Crippen molar-refractivity contribution < 1.29 is 32.9 Å². The van der Waals surface area contributed by atoms with Gasteiger partial charge in [-0.25, -0.2) is 9.97 Å². The number of fused-ring (bicyclic) bond motifs is 2. The standard InChI is InChI=1S/C22H19F3N2O4/c23-22(24,25)21(30)17-5-2-1-4-15(17)20-16(13-10-26-12-27-11-13)8-14(9-18(20)21)31-7-3-6-19(28)29/h1-2,4-5,8,10-12,14,30H,3,6-7,9H2,(H,28,29). The fourth-order valence-electron chi connectivity index (χ4n) is 4.18. The molecule has 0 aliphatic heterocycles. The molecule has 9 heteroatoms. The van der Waals surface area contributed by atoms with Crippen molar-refractivity contribution in [2.45, 2.75) is 37.1 Å². The van der Waals surface area contributed by atoms with Gasteiger partial charge >= 0.3 is 12.1 Å². The molecule has 0 spiro atoms. The number of rotatable bonds is 6. The first-order valence-electron chi connectivity index (χ1n) is 9.67. The molecule has 0 bridgehead atoms. The van der Waals surface area contributed by atoms with Crippen LogP contribution in [0.25, 0.3) is 11.1 Å². The van der Waals surface area contributed by atoms with E-state index in [4.69, 9.17) is 9.84 Å². The van der Waals surface area contributed by atoms with E-state index in [1.165, 1.54) is 30.9 Å². The van der Waals surface area contributed by atoms with E-state index in [-0.39, 0.29) is 37.0 Å². The molecule has 1 aromatic heterocycles. The third-order valence-electron chi connectivity index (χ3n) is 5.50. The van der Waals surface area contributed by atoms with Gasteiger partial charge in [-0.15, -0.1) is 0 Å². The van der Waals surface area contributed by atoms with Crippen LogP contribution in [0, 0.1) is 0 Å². The molecule has 1 aromatic carbocycles. The second-order valence-corrected chi connectivity index (χ2v) is 7.43. The van der Waals surface area contributed by atoms with Crippen LogP contribution in [0.1, 0.15) is 36.0 Å². The lowest BCUT2D eigenvalue weighted by Crippen LogP contribution is -2.43. The van der Waals surface area contributed by atoms with Crippen molar-refractivity contribution in [2.75, 3.05) is 6.61 Å². The van der Waals surface area contributed by atoms with E-state index in [2.05, 4.69) is 9.97 Å². The zero-order chi connectivity index (χ0) is 22.2. The molecular formula is C22H19F3N2O4.